The van der Waals surface area contributed by atoms with Crippen LogP contribution in [0.4, 0.5) is 0 Å². The molecule has 1 rings (SSSR count). The number of hydrogen-bond acceptors (Lipinski definition) is 3. The van der Waals surface area contributed by atoms with E-state index in [4.69, 9.17) is 14.9 Å². The summed E-state index contributed by atoms with van der Waals surface area (Å²) in [6.45, 7) is 0.317. The van der Waals surface area contributed by atoms with Crippen molar-refractivity contribution < 1.29 is 14.9 Å². The predicted molar refractivity (Wildman–Crippen MR) is 48.9 cm³/mol. The van der Waals surface area contributed by atoms with Crippen LogP contribution in [0.25, 0.3) is 0 Å². The summed E-state index contributed by atoms with van der Waals surface area (Å²) >= 11 is 0. The standard InChI is InChI=1S/C10H14O3/c11-7-6-10(12)13-8-9-4-2-1-3-5-9/h1-5,10-12H,6-8H2. The Morgan fingerprint density at radius 2 is 1.92 bits per heavy atom. The van der Waals surface area contributed by atoms with Crippen LogP contribution in [0.15, 0.2) is 30.3 Å². The average Bonchev–Trinajstić information content (AvgIpc) is 2.17. The summed E-state index contributed by atoms with van der Waals surface area (Å²) in [5.41, 5.74) is 1.01. The maximum Gasteiger partial charge on any atom is 0.157 e. The van der Waals surface area contributed by atoms with Crippen LogP contribution < -0.4 is 0 Å². The fraction of sp³-hybridized carbons (Fsp3) is 0.400. The lowest BCUT2D eigenvalue weighted by atomic mass is 10.2. The fourth-order valence-corrected chi connectivity index (χ4v) is 0.960. The number of rotatable bonds is 5. The van der Waals surface area contributed by atoms with Crippen molar-refractivity contribution in [3.05, 3.63) is 35.9 Å². The van der Waals surface area contributed by atoms with Gasteiger partial charge in [-0.15, -0.1) is 0 Å². The molecule has 1 aromatic rings. The van der Waals surface area contributed by atoms with Crippen LogP contribution in [0.2, 0.25) is 0 Å². The number of ether oxygens (including phenoxy) is 1. The van der Waals surface area contributed by atoms with Gasteiger partial charge in [0.05, 0.1) is 6.61 Å². The van der Waals surface area contributed by atoms with Gasteiger partial charge in [-0.1, -0.05) is 30.3 Å². The molecule has 0 aliphatic heterocycles. The van der Waals surface area contributed by atoms with E-state index < -0.39 is 6.29 Å². The highest BCUT2D eigenvalue weighted by atomic mass is 16.6. The lowest BCUT2D eigenvalue weighted by molar-refractivity contribution is -0.117. The highest BCUT2D eigenvalue weighted by molar-refractivity contribution is 5.13. The van der Waals surface area contributed by atoms with Gasteiger partial charge in [0, 0.05) is 13.0 Å². The van der Waals surface area contributed by atoms with Crippen LogP contribution >= 0.6 is 0 Å². The highest BCUT2D eigenvalue weighted by Crippen LogP contribution is 2.03. The SMILES string of the molecule is OCCC(O)OCc1ccccc1. The zero-order chi connectivity index (χ0) is 9.52. The zero-order valence-electron chi connectivity index (χ0n) is 7.39. The highest BCUT2D eigenvalue weighted by Gasteiger charge is 2.02. The van der Waals surface area contributed by atoms with Gasteiger partial charge in [0.25, 0.3) is 0 Å². The Kier molecular flexibility index (Phi) is 4.46. The Bertz CT molecular complexity index is 223. The van der Waals surface area contributed by atoms with Gasteiger partial charge in [-0.25, -0.2) is 0 Å². The average molecular weight is 182 g/mol. The molecule has 0 saturated heterocycles. The molecule has 0 fully saturated rings. The van der Waals surface area contributed by atoms with E-state index in [-0.39, 0.29) is 13.0 Å². The van der Waals surface area contributed by atoms with Crippen LogP contribution in [0.1, 0.15) is 12.0 Å². The van der Waals surface area contributed by atoms with E-state index in [0.29, 0.717) is 6.61 Å². The van der Waals surface area contributed by atoms with Crippen LogP contribution in [0.3, 0.4) is 0 Å². The normalized spacial score (nSPS) is 12.8. The third-order valence-electron chi connectivity index (χ3n) is 1.66. The molecule has 0 aliphatic rings. The fourth-order valence-electron chi connectivity index (χ4n) is 0.960. The van der Waals surface area contributed by atoms with Crippen molar-refractivity contribution in [3.8, 4) is 0 Å². The molecule has 0 amide bonds. The second-order valence-electron chi connectivity index (χ2n) is 2.76. The second kappa shape index (κ2) is 5.70. The molecule has 1 atom stereocenters. The lowest BCUT2D eigenvalue weighted by Gasteiger charge is -2.09. The molecule has 13 heavy (non-hydrogen) atoms. The van der Waals surface area contributed by atoms with Gasteiger partial charge >= 0.3 is 0 Å². The van der Waals surface area contributed by atoms with Crippen molar-refractivity contribution in [2.45, 2.75) is 19.3 Å². The Hall–Kier alpha value is -0.900. The molecule has 0 aromatic heterocycles. The Balaban J connectivity index is 2.27. The Morgan fingerprint density at radius 1 is 1.23 bits per heavy atom. The topological polar surface area (TPSA) is 49.7 Å². The molecule has 0 spiro atoms. The molecule has 3 nitrogen and oxygen atoms in total. The summed E-state index contributed by atoms with van der Waals surface area (Å²) in [7, 11) is 0. The van der Waals surface area contributed by atoms with E-state index in [0.717, 1.165) is 5.56 Å². The summed E-state index contributed by atoms with van der Waals surface area (Å²) in [5.74, 6) is 0. The van der Waals surface area contributed by atoms with E-state index in [1.807, 2.05) is 30.3 Å². The number of hydrogen-bond donors (Lipinski definition) is 2. The van der Waals surface area contributed by atoms with Crippen molar-refractivity contribution in [1.29, 1.82) is 0 Å². The van der Waals surface area contributed by atoms with Gasteiger partial charge in [-0.3, -0.25) is 0 Å². The van der Waals surface area contributed by atoms with E-state index in [2.05, 4.69) is 0 Å². The summed E-state index contributed by atoms with van der Waals surface area (Å²) in [6, 6.07) is 9.60. The second-order valence-corrected chi connectivity index (χ2v) is 2.76. The molecule has 72 valence electrons. The van der Waals surface area contributed by atoms with Crippen LogP contribution in [0.5, 0.6) is 0 Å². The molecule has 0 bridgehead atoms. The summed E-state index contributed by atoms with van der Waals surface area (Å²) < 4.78 is 5.06. The third-order valence-corrected chi connectivity index (χ3v) is 1.66. The van der Waals surface area contributed by atoms with Gasteiger partial charge in [-0.2, -0.15) is 0 Å². The van der Waals surface area contributed by atoms with Crippen LogP contribution in [-0.4, -0.2) is 23.1 Å². The zero-order valence-corrected chi connectivity index (χ0v) is 7.39. The molecule has 0 aliphatic carbocycles. The van der Waals surface area contributed by atoms with Crippen molar-refractivity contribution >= 4 is 0 Å². The molecular formula is C10H14O3. The van der Waals surface area contributed by atoms with Gasteiger partial charge in [0.1, 0.15) is 0 Å². The molecule has 3 heteroatoms. The minimum Gasteiger partial charge on any atom is -0.396 e. The maximum atomic E-state index is 9.13. The van der Waals surface area contributed by atoms with Crippen molar-refractivity contribution in [3.63, 3.8) is 0 Å². The number of aliphatic hydroxyl groups excluding tert-OH is 2. The van der Waals surface area contributed by atoms with Crippen LogP contribution in [-0.2, 0) is 11.3 Å². The summed E-state index contributed by atoms with van der Waals surface area (Å²) in [4.78, 5) is 0. The van der Waals surface area contributed by atoms with E-state index in [1.54, 1.807) is 0 Å². The van der Waals surface area contributed by atoms with Gasteiger partial charge in [0.15, 0.2) is 6.29 Å². The first kappa shape index (κ1) is 10.2. The van der Waals surface area contributed by atoms with Crippen molar-refractivity contribution in [2.75, 3.05) is 6.61 Å². The number of benzene rings is 1. The van der Waals surface area contributed by atoms with E-state index in [9.17, 15) is 0 Å². The minimum absolute atomic E-state index is 0.0596. The molecule has 0 radical (unpaired) electrons. The minimum atomic E-state index is -0.870. The lowest BCUT2D eigenvalue weighted by Crippen LogP contribution is -2.13. The van der Waals surface area contributed by atoms with E-state index in [1.165, 1.54) is 0 Å². The van der Waals surface area contributed by atoms with Crippen molar-refractivity contribution in [2.24, 2.45) is 0 Å². The van der Waals surface area contributed by atoms with Crippen molar-refractivity contribution in [1.82, 2.24) is 0 Å². The van der Waals surface area contributed by atoms with Gasteiger partial charge < -0.3 is 14.9 Å². The number of aliphatic hydroxyl groups is 2. The largest absolute Gasteiger partial charge is 0.396 e. The molecule has 2 N–H and O–H groups in total. The molecule has 1 aromatic carbocycles. The summed E-state index contributed by atoms with van der Waals surface area (Å²) in [5, 5.41) is 17.6. The van der Waals surface area contributed by atoms with E-state index >= 15 is 0 Å². The molecule has 1 unspecified atom stereocenters. The maximum absolute atomic E-state index is 9.13. The smallest absolute Gasteiger partial charge is 0.157 e. The monoisotopic (exact) mass is 182 g/mol. The summed E-state index contributed by atoms with van der Waals surface area (Å²) in [6.07, 6.45) is -0.613. The Labute approximate surface area is 77.6 Å². The predicted octanol–water partition coefficient (Wildman–Crippen LogP) is 0.904. The first-order valence-corrected chi connectivity index (χ1v) is 4.27. The quantitative estimate of drug-likeness (QED) is 0.665. The third kappa shape index (κ3) is 4.03. The van der Waals surface area contributed by atoms with Crippen LogP contribution in [0, 0.1) is 0 Å². The van der Waals surface area contributed by atoms with Gasteiger partial charge in [0.2, 0.25) is 0 Å². The first-order valence-electron chi connectivity index (χ1n) is 4.27. The molecule has 0 heterocycles. The van der Waals surface area contributed by atoms with Gasteiger partial charge in [-0.05, 0) is 5.56 Å². The molecular weight excluding hydrogens is 168 g/mol. The Morgan fingerprint density at radius 3 is 2.54 bits per heavy atom. The molecule has 0 saturated carbocycles. The first-order chi connectivity index (χ1) is 6.33.